The fourth-order valence-corrected chi connectivity index (χ4v) is 2.82. The second-order valence-corrected chi connectivity index (χ2v) is 6.16. The third-order valence-corrected chi connectivity index (χ3v) is 4.58. The summed E-state index contributed by atoms with van der Waals surface area (Å²) in [5.74, 6) is -0.112. The first kappa shape index (κ1) is 16.2. The first-order valence-corrected chi connectivity index (χ1v) is 8.06. The van der Waals surface area contributed by atoms with Crippen molar-refractivity contribution in [1.29, 1.82) is 0 Å². The maximum atomic E-state index is 12.4. The van der Waals surface area contributed by atoms with Gasteiger partial charge in [-0.25, -0.2) is 4.98 Å². The van der Waals surface area contributed by atoms with E-state index in [-0.39, 0.29) is 5.91 Å². The summed E-state index contributed by atoms with van der Waals surface area (Å²) in [6.45, 7) is 3.30. The Labute approximate surface area is 137 Å². The van der Waals surface area contributed by atoms with E-state index in [1.54, 1.807) is 22.4 Å². The molecule has 0 aliphatic carbocycles. The predicted octanol–water partition coefficient (Wildman–Crippen LogP) is 3.57. The van der Waals surface area contributed by atoms with Crippen LogP contribution in [0.1, 0.15) is 28.0 Å². The molecular weight excluding hydrogens is 329 g/mol. The molecule has 2 rings (SSSR count). The molecule has 0 spiro atoms. The molecule has 7 heteroatoms. The summed E-state index contributed by atoms with van der Waals surface area (Å²) in [6, 6.07) is 5.36. The van der Waals surface area contributed by atoms with Crippen LogP contribution < -0.4 is 5.73 Å². The van der Waals surface area contributed by atoms with Gasteiger partial charge in [-0.3, -0.25) is 4.79 Å². The molecule has 1 amide bonds. The number of thiazole rings is 1. The van der Waals surface area contributed by atoms with Gasteiger partial charge in [-0.1, -0.05) is 29.3 Å². The number of halogens is 2. The summed E-state index contributed by atoms with van der Waals surface area (Å²) in [5.41, 5.74) is 6.88. The fourth-order valence-electron chi connectivity index (χ4n) is 1.85. The third kappa shape index (κ3) is 3.95. The fraction of sp³-hybridized carbons (Fsp3) is 0.286. The van der Waals surface area contributed by atoms with Crippen molar-refractivity contribution in [1.82, 2.24) is 9.88 Å². The SMILES string of the molecule is CCN(Cc1ccc(Cl)c(Cl)c1)C(=O)c1csc(CN)n1. The summed E-state index contributed by atoms with van der Waals surface area (Å²) in [6.07, 6.45) is 0. The van der Waals surface area contributed by atoms with Gasteiger partial charge in [0.15, 0.2) is 0 Å². The number of amides is 1. The standard InChI is InChI=1S/C14H15Cl2N3OS/c1-2-19(7-9-3-4-10(15)11(16)5-9)14(20)12-8-21-13(6-17)18-12/h3-5,8H,2,6-7,17H2,1H3. The zero-order valence-electron chi connectivity index (χ0n) is 11.5. The quantitative estimate of drug-likeness (QED) is 0.902. The van der Waals surface area contributed by atoms with Gasteiger partial charge < -0.3 is 10.6 Å². The van der Waals surface area contributed by atoms with Crippen LogP contribution in [-0.2, 0) is 13.1 Å². The Balaban J connectivity index is 2.15. The third-order valence-electron chi connectivity index (χ3n) is 2.97. The molecule has 112 valence electrons. The molecule has 0 fully saturated rings. The van der Waals surface area contributed by atoms with Crippen molar-refractivity contribution in [3.63, 3.8) is 0 Å². The van der Waals surface area contributed by atoms with Crippen LogP contribution in [0, 0.1) is 0 Å². The average Bonchev–Trinajstić information content (AvgIpc) is 2.96. The maximum absolute atomic E-state index is 12.4. The first-order chi connectivity index (χ1) is 10.0. The van der Waals surface area contributed by atoms with Gasteiger partial charge in [0.05, 0.1) is 10.0 Å². The Bertz CT molecular complexity index is 645. The van der Waals surface area contributed by atoms with Gasteiger partial charge in [-0.05, 0) is 24.6 Å². The summed E-state index contributed by atoms with van der Waals surface area (Å²) in [7, 11) is 0. The molecule has 0 saturated carbocycles. The molecule has 0 unspecified atom stereocenters. The monoisotopic (exact) mass is 343 g/mol. The molecule has 21 heavy (non-hydrogen) atoms. The number of hydrogen-bond acceptors (Lipinski definition) is 4. The number of nitrogens with zero attached hydrogens (tertiary/aromatic N) is 2. The second-order valence-electron chi connectivity index (χ2n) is 4.40. The summed E-state index contributed by atoms with van der Waals surface area (Å²) < 4.78 is 0. The van der Waals surface area contributed by atoms with Crippen molar-refractivity contribution in [2.24, 2.45) is 5.73 Å². The molecule has 0 atom stereocenters. The number of rotatable bonds is 5. The highest BCUT2D eigenvalue weighted by atomic mass is 35.5. The van der Waals surface area contributed by atoms with Gasteiger partial charge in [0.25, 0.3) is 5.91 Å². The molecule has 0 bridgehead atoms. The summed E-state index contributed by atoms with van der Waals surface area (Å²) in [5, 5.41) is 3.48. The summed E-state index contributed by atoms with van der Waals surface area (Å²) >= 11 is 13.3. The molecule has 0 radical (unpaired) electrons. The van der Waals surface area contributed by atoms with Crippen molar-refractivity contribution < 1.29 is 4.79 Å². The largest absolute Gasteiger partial charge is 0.333 e. The van der Waals surface area contributed by atoms with Crippen LogP contribution in [-0.4, -0.2) is 22.3 Å². The Morgan fingerprint density at radius 1 is 1.38 bits per heavy atom. The van der Waals surface area contributed by atoms with Gasteiger partial charge in [-0.15, -0.1) is 11.3 Å². The van der Waals surface area contributed by atoms with Crippen LogP contribution in [0.3, 0.4) is 0 Å². The lowest BCUT2D eigenvalue weighted by Gasteiger charge is -2.20. The number of nitrogens with two attached hydrogens (primary N) is 1. The van der Waals surface area contributed by atoms with Crippen LogP contribution in [0.4, 0.5) is 0 Å². The molecule has 1 aromatic carbocycles. The highest BCUT2D eigenvalue weighted by Gasteiger charge is 2.17. The van der Waals surface area contributed by atoms with E-state index in [2.05, 4.69) is 4.98 Å². The Morgan fingerprint density at radius 2 is 2.14 bits per heavy atom. The van der Waals surface area contributed by atoms with E-state index in [4.69, 9.17) is 28.9 Å². The molecule has 0 saturated heterocycles. The Kier molecular flexibility index (Phi) is 5.58. The van der Waals surface area contributed by atoms with Gasteiger partial charge in [-0.2, -0.15) is 0 Å². The highest BCUT2D eigenvalue weighted by Crippen LogP contribution is 2.23. The average molecular weight is 344 g/mol. The number of hydrogen-bond donors (Lipinski definition) is 1. The topological polar surface area (TPSA) is 59.2 Å². The van der Waals surface area contributed by atoms with Crippen LogP contribution in [0.5, 0.6) is 0 Å². The minimum Gasteiger partial charge on any atom is -0.333 e. The zero-order valence-corrected chi connectivity index (χ0v) is 13.8. The maximum Gasteiger partial charge on any atom is 0.273 e. The van der Waals surface area contributed by atoms with E-state index in [0.717, 1.165) is 10.6 Å². The minimum absolute atomic E-state index is 0.112. The molecule has 0 aliphatic rings. The van der Waals surface area contributed by atoms with Gasteiger partial charge in [0, 0.05) is 25.0 Å². The van der Waals surface area contributed by atoms with Crippen LogP contribution >= 0.6 is 34.5 Å². The summed E-state index contributed by atoms with van der Waals surface area (Å²) in [4.78, 5) is 18.4. The van der Waals surface area contributed by atoms with E-state index >= 15 is 0 Å². The molecular formula is C14H15Cl2N3OS. The van der Waals surface area contributed by atoms with Crippen molar-refractivity contribution in [2.75, 3.05) is 6.54 Å². The van der Waals surface area contributed by atoms with E-state index in [1.165, 1.54) is 11.3 Å². The number of benzene rings is 1. The zero-order chi connectivity index (χ0) is 15.4. The van der Waals surface area contributed by atoms with Gasteiger partial charge in [0.2, 0.25) is 0 Å². The number of aromatic nitrogens is 1. The van der Waals surface area contributed by atoms with E-state index in [0.29, 0.717) is 35.4 Å². The molecule has 4 nitrogen and oxygen atoms in total. The molecule has 1 heterocycles. The van der Waals surface area contributed by atoms with Crippen LogP contribution in [0.2, 0.25) is 10.0 Å². The first-order valence-electron chi connectivity index (χ1n) is 6.42. The predicted molar refractivity (Wildman–Crippen MR) is 86.9 cm³/mol. The van der Waals surface area contributed by atoms with Gasteiger partial charge in [0.1, 0.15) is 10.7 Å². The van der Waals surface area contributed by atoms with Crippen molar-refractivity contribution in [3.05, 3.63) is 49.9 Å². The smallest absolute Gasteiger partial charge is 0.273 e. The van der Waals surface area contributed by atoms with Crippen LogP contribution in [0.25, 0.3) is 0 Å². The molecule has 2 aromatic rings. The lowest BCUT2D eigenvalue weighted by Crippen LogP contribution is -2.30. The second kappa shape index (κ2) is 7.22. The lowest BCUT2D eigenvalue weighted by molar-refractivity contribution is 0.0747. The lowest BCUT2D eigenvalue weighted by atomic mass is 10.2. The van der Waals surface area contributed by atoms with Gasteiger partial charge >= 0.3 is 0 Å². The van der Waals surface area contributed by atoms with E-state index < -0.39 is 0 Å². The van der Waals surface area contributed by atoms with E-state index in [9.17, 15) is 4.79 Å². The van der Waals surface area contributed by atoms with Crippen LogP contribution in [0.15, 0.2) is 23.6 Å². The Morgan fingerprint density at radius 3 is 2.71 bits per heavy atom. The molecule has 0 aliphatic heterocycles. The minimum atomic E-state index is -0.112. The van der Waals surface area contributed by atoms with Crippen molar-refractivity contribution in [2.45, 2.75) is 20.0 Å². The van der Waals surface area contributed by atoms with Crippen molar-refractivity contribution in [3.8, 4) is 0 Å². The normalized spacial score (nSPS) is 10.7. The Hall–Kier alpha value is -1.14. The van der Waals surface area contributed by atoms with E-state index in [1.807, 2.05) is 13.0 Å². The molecule has 2 N–H and O–H groups in total. The number of carbonyl (C=O) groups excluding carboxylic acids is 1. The van der Waals surface area contributed by atoms with Crippen molar-refractivity contribution >= 4 is 40.4 Å². The number of carbonyl (C=O) groups is 1. The highest BCUT2D eigenvalue weighted by molar-refractivity contribution is 7.09. The molecule has 1 aromatic heterocycles.